The lowest BCUT2D eigenvalue weighted by atomic mass is 10.1. The smallest absolute Gasteiger partial charge is 0.191 e. The van der Waals surface area contributed by atoms with Gasteiger partial charge in [0.25, 0.3) is 0 Å². The molecule has 8 heteroatoms. The summed E-state index contributed by atoms with van der Waals surface area (Å²) >= 11 is 0. The summed E-state index contributed by atoms with van der Waals surface area (Å²) in [6.07, 6.45) is -0.0828. The van der Waals surface area contributed by atoms with Crippen molar-refractivity contribution >= 4 is 46.7 Å². The maximum atomic E-state index is 6.01. The fourth-order valence-corrected chi connectivity index (χ4v) is 3.38. The van der Waals surface area contributed by atoms with Crippen LogP contribution in [-0.4, -0.2) is 51.3 Å². The highest BCUT2D eigenvalue weighted by Crippen LogP contribution is 2.30. The van der Waals surface area contributed by atoms with E-state index in [9.17, 15) is 0 Å². The van der Waals surface area contributed by atoms with Gasteiger partial charge in [-0.15, -0.1) is 24.0 Å². The quantitative estimate of drug-likeness (QED) is 0.298. The number of anilines is 1. The van der Waals surface area contributed by atoms with Crippen LogP contribution in [0, 0.1) is 0 Å². The maximum absolute atomic E-state index is 6.01. The zero-order valence-electron chi connectivity index (χ0n) is 18.0. The average molecular weight is 533 g/mol. The number of benzene rings is 2. The van der Waals surface area contributed by atoms with Gasteiger partial charge in [0.15, 0.2) is 17.5 Å². The van der Waals surface area contributed by atoms with E-state index in [1.807, 2.05) is 61.5 Å². The Kier molecular flexibility index (Phi) is 7.78. The maximum Gasteiger partial charge on any atom is 0.191 e. The lowest BCUT2D eigenvalue weighted by molar-refractivity contribution is 0.0936. The van der Waals surface area contributed by atoms with Crippen LogP contribution in [0.5, 0.6) is 11.5 Å². The summed E-state index contributed by atoms with van der Waals surface area (Å²) in [5.74, 6) is 3.21. The Balaban J connectivity index is 0.00000272. The number of nitrogens with one attached hydrogen (secondary N) is 2. The number of guanidine groups is 1. The molecule has 31 heavy (non-hydrogen) atoms. The Morgan fingerprint density at radius 1 is 1.10 bits per heavy atom. The first-order valence-corrected chi connectivity index (χ1v) is 10.0. The average Bonchev–Trinajstić information content (AvgIpc) is 2.78. The van der Waals surface area contributed by atoms with Crippen LogP contribution in [0.4, 0.5) is 5.82 Å². The summed E-state index contributed by atoms with van der Waals surface area (Å²) in [5, 5.41) is 7.86. The molecule has 2 N–H and O–H groups in total. The highest BCUT2D eigenvalue weighted by atomic mass is 127. The first-order valence-electron chi connectivity index (χ1n) is 10.0. The van der Waals surface area contributed by atoms with Crippen molar-refractivity contribution < 1.29 is 9.47 Å². The van der Waals surface area contributed by atoms with Crippen molar-refractivity contribution in [2.75, 3.05) is 39.2 Å². The number of aliphatic imine (C=N–C) groups is 1. The second kappa shape index (κ2) is 10.5. The van der Waals surface area contributed by atoms with Crippen molar-refractivity contribution in [3.05, 3.63) is 60.2 Å². The van der Waals surface area contributed by atoms with Gasteiger partial charge in [0.05, 0.1) is 12.1 Å². The molecule has 0 radical (unpaired) electrons. The number of nitrogens with zero attached hydrogens (tertiary/aromatic N) is 3. The largest absolute Gasteiger partial charge is 0.486 e. The molecule has 0 bridgehead atoms. The third-order valence-electron chi connectivity index (χ3n) is 4.98. The molecule has 2 heterocycles. The van der Waals surface area contributed by atoms with E-state index in [1.165, 1.54) is 5.56 Å². The van der Waals surface area contributed by atoms with Gasteiger partial charge in [-0.25, -0.2) is 4.98 Å². The predicted molar refractivity (Wildman–Crippen MR) is 136 cm³/mol. The summed E-state index contributed by atoms with van der Waals surface area (Å²) in [5.41, 5.74) is 2.15. The van der Waals surface area contributed by atoms with Gasteiger partial charge in [-0.05, 0) is 29.8 Å². The molecular formula is C23H28IN5O2. The van der Waals surface area contributed by atoms with E-state index in [-0.39, 0.29) is 30.1 Å². The summed E-state index contributed by atoms with van der Waals surface area (Å²) in [6, 6.07) is 18.0. The van der Waals surface area contributed by atoms with Crippen molar-refractivity contribution in [3.8, 4) is 11.5 Å². The minimum absolute atomic E-state index is 0. The van der Waals surface area contributed by atoms with Gasteiger partial charge in [-0.1, -0.05) is 30.3 Å². The van der Waals surface area contributed by atoms with Crippen molar-refractivity contribution in [1.82, 2.24) is 15.6 Å². The SMILES string of the molecule is CN=C(NCc1cc(N(C)C)nc2ccccc12)NCC1COc2ccccc2O1.I. The molecule has 7 nitrogen and oxygen atoms in total. The molecule has 0 aliphatic carbocycles. The number of hydrogen-bond donors (Lipinski definition) is 2. The van der Waals surface area contributed by atoms with Crippen molar-refractivity contribution in [2.45, 2.75) is 12.6 Å². The van der Waals surface area contributed by atoms with Gasteiger partial charge in [-0.2, -0.15) is 0 Å². The molecule has 1 atom stereocenters. The lowest BCUT2D eigenvalue weighted by Gasteiger charge is -2.27. The van der Waals surface area contributed by atoms with E-state index < -0.39 is 0 Å². The molecule has 0 amide bonds. The Morgan fingerprint density at radius 2 is 1.84 bits per heavy atom. The van der Waals surface area contributed by atoms with Crippen molar-refractivity contribution in [2.24, 2.45) is 4.99 Å². The zero-order valence-corrected chi connectivity index (χ0v) is 20.3. The van der Waals surface area contributed by atoms with E-state index in [0.29, 0.717) is 25.7 Å². The lowest BCUT2D eigenvalue weighted by Crippen LogP contribution is -2.45. The van der Waals surface area contributed by atoms with E-state index in [2.05, 4.69) is 27.8 Å². The number of rotatable bonds is 5. The van der Waals surface area contributed by atoms with Crippen LogP contribution in [0.3, 0.4) is 0 Å². The number of para-hydroxylation sites is 3. The molecule has 164 valence electrons. The highest BCUT2D eigenvalue weighted by molar-refractivity contribution is 14.0. The third kappa shape index (κ3) is 5.49. The molecule has 1 unspecified atom stereocenters. The third-order valence-corrected chi connectivity index (χ3v) is 4.98. The van der Waals surface area contributed by atoms with Gasteiger partial charge in [0.1, 0.15) is 18.5 Å². The summed E-state index contributed by atoms with van der Waals surface area (Å²) in [4.78, 5) is 11.1. The molecule has 0 saturated heterocycles. The predicted octanol–water partition coefficient (Wildman–Crippen LogP) is 3.42. The Labute approximate surface area is 199 Å². The van der Waals surface area contributed by atoms with Crippen LogP contribution < -0.4 is 25.0 Å². The molecule has 3 aromatic rings. The van der Waals surface area contributed by atoms with Crippen LogP contribution in [0.2, 0.25) is 0 Å². The molecule has 1 aliphatic rings. The highest BCUT2D eigenvalue weighted by Gasteiger charge is 2.20. The Bertz CT molecular complexity index is 1060. The van der Waals surface area contributed by atoms with Gasteiger partial charge >= 0.3 is 0 Å². The number of aromatic nitrogens is 1. The number of fused-ring (bicyclic) bond motifs is 2. The van der Waals surface area contributed by atoms with Crippen LogP contribution in [0.15, 0.2) is 59.6 Å². The summed E-state index contributed by atoms with van der Waals surface area (Å²) < 4.78 is 11.8. The van der Waals surface area contributed by atoms with E-state index >= 15 is 0 Å². The molecule has 4 rings (SSSR count). The van der Waals surface area contributed by atoms with Crippen molar-refractivity contribution in [1.29, 1.82) is 0 Å². The molecule has 0 spiro atoms. The minimum Gasteiger partial charge on any atom is -0.486 e. The zero-order chi connectivity index (χ0) is 20.9. The number of pyridine rings is 1. The Hall–Kier alpha value is -2.75. The second-order valence-corrected chi connectivity index (χ2v) is 7.36. The van der Waals surface area contributed by atoms with Gasteiger partial charge in [-0.3, -0.25) is 4.99 Å². The molecule has 0 saturated carbocycles. The van der Waals surface area contributed by atoms with Crippen LogP contribution >= 0.6 is 24.0 Å². The number of ether oxygens (including phenoxy) is 2. The topological polar surface area (TPSA) is 71.0 Å². The first-order chi connectivity index (χ1) is 14.6. The first kappa shape index (κ1) is 22.9. The van der Waals surface area contributed by atoms with Crippen LogP contribution in [0.25, 0.3) is 10.9 Å². The molecule has 1 aromatic heterocycles. The van der Waals surface area contributed by atoms with Gasteiger partial charge in [0.2, 0.25) is 0 Å². The standard InChI is InChI=1S/C23H27N5O2.HI/c1-24-23(26-14-17-15-29-20-10-6-7-11-21(20)30-17)25-13-16-12-22(28(2)3)27-19-9-5-4-8-18(16)19;/h4-12,17H,13-15H2,1-3H3,(H2,24,25,26);1H. The molecule has 1 aliphatic heterocycles. The Morgan fingerprint density at radius 3 is 2.61 bits per heavy atom. The molecule has 2 aromatic carbocycles. The number of hydrogen-bond acceptors (Lipinski definition) is 5. The summed E-state index contributed by atoms with van der Waals surface area (Å²) in [7, 11) is 5.76. The van der Waals surface area contributed by atoms with Crippen LogP contribution in [0.1, 0.15) is 5.56 Å². The van der Waals surface area contributed by atoms with E-state index in [4.69, 9.17) is 14.5 Å². The fourth-order valence-electron chi connectivity index (χ4n) is 3.38. The normalized spacial score (nSPS) is 15.2. The van der Waals surface area contributed by atoms with Gasteiger partial charge < -0.3 is 25.0 Å². The minimum atomic E-state index is -0.0828. The van der Waals surface area contributed by atoms with Crippen molar-refractivity contribution in [3.63, 3.8) is 0 Å². The fraction of sp³-hybridized carbons (Fsp3) is 0.304. The second-order valence-electron chi connectivity index (χ2n) is 7.36. The van der Waals surface area contributed by atoms with Gasteiger partial charge in [0, 0.05) is 33.1 Å². The number of halogens is 1. The molecule has 0 fully saturated rings. The summed E-state index contributed by atoms with van der Waals surface area (Å²) in [6.45, 7) is 1.73. The van der Waals surface area contributed by atoms with Crippen LogP contribution in [-0.2, 0) is 6.54 Å². The molecular weight excluding hydrogens is 505 g/mol. The monoisotopic (exact) mass is 533 g/mol. The van der Waals surface area contributed by atoms with E-state index in [1.54, 1.807) is 7.05 Å². The van der Waals surface area contributed by atoms with E-state index in [0.717, 1.165) is 28.2 Å².